The van der Waals surface area contributed by atoms with Gasteiger partial charge < -0.3 is 14.8 Å². The van der Waals surface area contributed by atoms with Gasteiger partial charge >= 0.3 is 0 Å². The van der Waals surface area contributed by atoms with Crippen molar-refractivity contribution in [3.63, 3.8) is 0 Å². The Morgan fingerprint density at radius 1 is 1.40 bits per heavy atom. The van der Waals surface area contributed by atoms with Crippen LogP contribution in [0.3, 0.4) is 0 Å². The molecule has 3 rings (SSSR count). The summed E-state index contributed by atoms with van der Waals surface area (Å²) in [7, 11) is 0. The predicted molar refractivity (Wildman–Crippen MR) is 70.9 cm³/mol. The van der Waals surface area contributed by atoms with Crippen molar-refractivity contribution in [2.45, 2.75) is 31.0 Å². The Hall–Kier alpha value is -1.64. The largest absolute Gasteiger partial charge is 0.487 e. The summed E-state index contributed by atoms with van der Waals surface area (Å²) in [6.07, 6.45) is 2.74. The molecule has 0 aromatic heterocycles. The van der Waals surface area contributed by atoms with Crippen molar-refractivity contribution in [3.05, 3.63) is 29.6 Å². The number of nitrogens with zero attached hydrogens (tertiary/aromatic N) is 1. The molecule has 5 heteroatoms. The van der Waals surface area contributed by atoms with Crippen molar-refractivity contribution in [2.24, 2.45) is 0 Å². The summed E-state index contributed by atoms with van der Waals surface area (Å²) in [5, 5.41) is 12.3. The van der Waals surface area contributed by atoms with E-state index in [1.54, 1.807) is 0 Å². The van der Waals surface area contributed by atoms with E-state index in [2.05, 4.69) is 5.32 Å². The maximum Gasteiger partial charge on any atom is 0.137 e. The van der Waals surface area contributed by atoms with E-state index in [1.165, 1.54) is 18.2 Å². The summed E-state index contributed by atoms with van der Waals surface area (Å²) < 4.78 is 24.9. The predicted octanol–water partition coefficient (Wildman–Crippen LogP) is 1.99. The molecule has 1 spiro atoms. The van der Waals surface area contributed by atoms with Gasteiger partial charge in [0.2, 0.25) is 0 Å². The average molecular weight is 276 g/mol. The lowest BCUT2D eigenvalue weighted by Crippen LogP contribution is -2.41. The summed E-state index contributed by atoms with van der Waals surface area (Å²) in [6.45, 7) is 2.46. The van der Waals surface area contributed by atoms with Gasteiger partial charge in [0.1, 0.15) is 23.7 Å². The van der Waals surface area contributed by atoms with Crippen LogP contribution < -0.4 is 10.1 Å². The third-order valence-corrected chi connectivity index (χ3v) is 4.05. The molecule has 106 valence electrons. The molecule has 0 aliphatic carbocycles. The Labute approximate surface area is 117 Å². The lowest BCUT2D eigenvalue weighted by atomic mass is 9.89. The van der Waals surface area contributed by atoms with Crippen molar-refractivity contribution in [1.29, 1.82) is 5.26 Å². The monoisotopic (exact) mass is 276 g/mol. The van der Waals surface area contributed by atoms with Crippen molar-refractivity contribution >= 4 is 0 Å². The van der Waals surface area contributed by atoms with Crippen LogP contribution in [0.2, 0.25) is 0 Å². The maximum absolute atomic E-state index is 13.1. The first-order valence-corrected chi connectivity index (χ1v) is 6.92. The van der Waals surface area contributed by atoms with Gasteiger partial charge in [-0.3, -0.25) is 0 Å². The number of hydrogen-bond acceptors (Lipinski definition) is 4. The Balaban J connectivity index is 1.69. The molecule has 1 unspecified atom stereocenters. The van der Waals surface area contributed by atoms with Crippen molar-refractivity contribution in [1.82, 2.24) is 5.32 Å². The number of halogens is 1. The molecule has 0 saturated carbocycles. The van der Waals surface area contributed by atoms with Gasteiger partial charge in [-0.15, -0.1) is 0 Å². The first kappa shape index (κ1) is 13.3. The van der Waals surface area contributed by atoms with Gasteiger partial charge in [0, 0.05) is 6.42 Å². The highest BCUT2D eigenvalue weighted by Gasteiger charge is 2.42. The van der Waals surface area contributed by atoms with Gasteiger partial charge in [0.15, 0.2) is 0 Å². The number of benzene rings is 1. The van der Waals surface area contributed by atoms with Gasteiger partial charge in [-0.05, 0) is 44.1 Å². The van der Waals surface area contributed by atoms with E-state index >= 15 is 0 Å². The molecule has 0 bridgehead atoms. The summed E-state index contributed by atoms with van der Waals surface area (Å²) in [5.41, 5.74) is 0.152. The van der Waals surface area contributed by atoms with Crippen LogP contribution in [0, 0.1) is 17.1 Å². The van der Waals surface area contributed by atoms with Crippen LogP contribution in [0.25, 0.3) is 0 Å². The fraction of sp³-hybridized carbons (Fsp3) is 0.533. The minimum atomic E-state index is -0.425. The van der Waals surface area contributed by atoms with Gasteiger partial charge in [-0.25, -0.2) is 4.39 Å². The minimum Gasteiger partial charge on any atom is -0.487 e. The summed E-state index contributed by atoms with van der Waals surface area (Å²) >= 11 is 0. The van der Waals surface area contributed by atoms with Crippen LogP contribution in [-0.4, -0.2) is 31.4 Å². The molecule has 2 saturated heterocycles. The molecule has 2 aliphatic rings. The molecule has 0 amide bonds. The van der Waals surface area contributed by atoms with E-state index in [1.807, 2.05) is 6.07 Å². The molecule has 1 atom stereocenters. The Morgan fingerprint density at radius 2 is 2.20 bits per heavy atom. The Kier molecular flexibility index (Phi) is 3.60. The van der Waals surface area contributed by atoms with Crippen molar-refractivity contribution < 1.29 is 13.9 Å². The quantitative estimate of drug-likeness (QED) is 0.897. The van der Waals surface area contributed by atoms with Gasteiger partial charge in [0.25, 0.3) is 0 Å². The highest BCUT2D eigenvalue weighted by Crippen LogP contribution is 2.36. The molecule has 20 heavy (non-hydrogen) atoms. The van der Waals surface area contributed by atoms with Gasteiger partial charge in [-0.1, -0.05) is 0 Å². The standard InChI is InChI=1S/C15H17FN2O2/c16-12-1-2-14(11(7-12)9-17)20-13-8-15(19-10-13)3-5-18-6-4-15/h1-2,7,13,18H,3-6,8,10H2. The van der Waals surface area contributed by atoms with E-state index in [9.17, 15) is 4.39 Å². The fourth-order valence-corrected chi connectivity index (χ4v) is 2.98. The number of nitrogens with one attached hydrogen (secondary N) is 1. The molecule has 1 N–H and O–H groups in total. The van der Waals surface area contributed by atoms with Crippen LogP contribution in [-0.2, 0) is 4.74 Å². The van der Waals surface area contributed by atoms with Gasteiger partial charge in [-0.2, -0.15) is 5.26 Å². The molecule has 2 fully saturated rings. The van der Waals surface area contributed by atoms with Crippen LogP contribution in [0.5, 0.6) is 5.75 Å². The number of piperidine rings is 1. The lowest BCUT2D eigenvalue weighted by Gasteiger charge is -2.32. The Bertz CT molecular complexity index is 535. The second-order valence-electron chi connectivity index (χ2n) is 5.44. The SMILES string of the molecule is N#Cc1cc(F)ccc1OC1COC2(CCNCC2)C1. The van der Waals surface area contributed by atoms with Gasteiger partial charge in [0.05, 0.1) is 17.8 Å². The average Bonchev–Trinajstić information content (AvgIpc) is 2.84. The highest BCUT2D eigenvalue weighted by atomic mass is 19.1. The fourth-order valence-electron chi connectivity index (χ4n) is 2.98. The zero-order chi connectivity index (χ0) is 14.0. The zero-order valence-corrected chi connectivity index (χ0v) is 11.2. The second kappa shape index (κ2) is 5.39. The topological polar surface area (TPSA) is 54.3 Å². The van der Waals surface area contributed by atoms with E-state index in [-0.39, 0.29) is 17.3 Å². The van der Waals surface area contributed by atoms with Crippen LogP contribution in [0.4, 0.5) is 4.39 Å². The van der Waals surface area contributed by atoms with Crippen LogP contribution >= 0.6 is 0 Å². The number of nitriles is 1. The smallest absolute Gasteiger partial charge is 0.137 e. The number of rotatable bonds is 2. The molecule has 2 aliphatic heterocycles. The molecule has 4 nitrogen and oxygen atoms in total. The van der Waals surface area contributed by atoms with Crippen LogP contribution in [0.15, 0.2) is 18.2 Å². The normalized spacial score (nSPS) is 24.5. The lowest BCUT2D eigenvalue weighted by molar-refractivity contribution is -0.0205. The first-order chi connectivity index (χ1) is 9.71. The molecular weight excluding hydrogens is 259 g/mol. The van der Waals surface area contributed by atoms with Crippen LogP contribution in [0.1, 0.15) is 24.8 Å². The third-order valence-electron chi connectivity index (χ3n) is 4.05. The molecular formula is C15H17FN2O2. The molecule has 1 aromatic rings. The molecule has 1 aromatic carbocycles. The summed E-state index contributed by atoms with van der Waals surface area (Å²) in [5.74, 6) is 0.0138. The molecule has 0 radical (unpaired) electrons. The second-order valence-corrected chi connectivity index (χ2v) is 5.44. The summed E-state index contributed by atoms with van der Waals surface area (Å²) in [6, 6.07) is 5.99. The first-order valence-electron chi connectivity index (χ1n) is 6.92. The summed E-state index contributed by atoms with van der Waals surface area (Å²) in [4.78, 5) is 0. The zero-order valence-electron chi connectivity index (χ0n) is 11.2. The number of ether oxygens (including phenoxy) is 2. The van der Waals surface area contributed by atoms with E-state index in [4.69, 9.17) is 14.7 Å². The van der Waals surface area contributed by atoms with Crippen molar-refractivity contribution in [2.75, 3.05) is 19.7 Å². The molecule has 2 heterocycles. The Morgan fingerprint density at radius 3 is 2.95 bits per heavy atom. The number of hydrogen-bond donors (Lipinski definition) is 1. The minimum absolute atomic E-state index is 0.0642. The maximum atomic E-state index is 13.1. The highest BCUT2D eigenvalue weighted by molar-refractivity contribution is 5.43. The van der Waals surface area contributed by atoms with Crippen molar-refractivity contribution in [3.8, 4) is 11.8 Å². The third kappa shape index (κ3) is 2.62. The van der Waals surface area contributed by atoms with E-state index < -0.39 is 5.82 Å². The van der Waals surface area contributed by atoms with E-state index in [0.29, 0.717) is 12.4 Å². The van der Waals surface area contributed by atoms with E-state index in [0.717, 1.165) is 32.4 Å².